The molecule has 1 aromatic carbocycles. The van der Waals surface area contributed by atoms with Crippen LogP contribution in [0, 0.1) is 29.6 Å². The fraction of sp³-hybridized carbons (Fsp3) is 0.577. The molecule has 0 aliphatic heterocycles. The Kier molecular flexibility index (Phi) is 5.81. The molecule has 170 valence electrons. The van der Waals surface area contributed by atoms with Crippen LogP contribution in [-0.2, 0) is 22.5 Å². The molecular formula is C26H31BrNO3S+. The third-order valence-corrected chi connectivity index (χ3v) is 9.66. The molecule has 4 aliphatic rings. The van der Waals surface area contributed by atoms with Crippen molar-refractivity contribution in [1.82, 2.24) is 0 Å². The van der Waals surface area contributed by atoms with E-state index in [1.165, 1.54) is 24.1 Å². The lowest BCUT2D eigenvalue weighted by molar-refractivity contribution is -0.684. The number of hydrogen-bond donors (Lipinski definition) is 0. The number of halogens is 1. The lowest BCUT2D eigenvalue weighted by Crippen LogP contribution is -2.54. The topological polar surface area (TPSA) is 47.2 Å². The second-order valence-electron chi connectivity index (χ2n) is 10.7. The number of thiazole rings is 1. The molecule has 6 heteroatoms. The summed E-state index contributed by atoms with van der Waals surface area (Å²) in [5.41, 5.74) is 3.93. The lowest BCUT2D eigenvalue weighted by Gasteiger charge is -2.59. The minimum atomic E-state index is -0.222. The number of benzene rings is 1. The van der Waals surface area contributed by atoms with Crippen LogP contribution in [0.3, 0.4) is 0 Å². The SMILES string of the molecule is Cc1c(CCOC(=O)C23C[C@H]4C[C@@H](CC(C)(C4)C2)C3)sc[n+]1CC(=O)c1ccc(Br)cc1. The molecule has 6 rings (SSSR count). The molecule has 4 bridgehead atoms. The summed E-state index contributed by atoms with van der Waals surface area (Å²) < 4.78 is 8.86. The molecule has 4 fully saturated rings. The van der Waals surface area contributed by atoms with Crippen LogP contribution in [0.4, 0.5) is 0 Å². The van der Waals surface area contributed by atoms with Gasteiger partial charge in [0.05, 0.1) is 16.9 Å². The average Bonchev–Trinajstić information content (AvgIpc) is 3.06. The van der Waals surface area contributed by atoms with Gasteiger partial charge >= 0.3 is 5.97 Å². The van der Waals surface area contributed by atoms with Gasteiger partial charge in [-0.1, -0.05) is 46.3 Å². The Morgan fingerprint density at radius 3 is 2.50 bits per heavy atom. The van der Waals surface area contributed by atoms with Gasteiger partial charge in [0.1, 0.15) is 0 Å². The number of ether oxygens (including phenoxy) is 1. The highest BCUT2D eigenvalue weighted by molar-refractivity contribution is 9.10. The number of aromatic nitrogens is 1. The highest BCUT2D eigenvalue weighted by Gasteiger charge is 2.59. The van der Waals surface area contributed by atoms with E-state index < -0.39 is 0 Å². The summed E-state index contributed by atoms with van der Waals surface area (Å²) >= 11 is 5.04. The maximum Gasteiger partial charge on any atom is 0.312 e. The van der Waals surface area contributed by atoms with Gasteiger partial charge in [-0.3, -0.25) is 9.59 Å². The molecule has 4 saturated carbocycles. The summed E-state index contributed by atoms with van der Waals surface area (Å²) in [4.78, 5) is 27.0. The van der Waals surface area contributed by atoms with Crippen LogP contribution < -0.4 is 4.57 Å². The summed E-state index contributed by atoms with van der Waals surface area (Å²) in [7, 11) is 0. The van der Waals surface area contributed by atoms with E-state index in [1.54, 1.807) is 11.3 Å². The van der Waals surface area contributed by atoms with Crippen molar-refractivity contribution in [3.05, 3.63) is 50.4 Å². The zero-order valence-corrected chi connectivity index (χ0v) is 21.3. The fourth-order valence-electron chi connectivity index (χ4n) is 7.08. The third kappa shape index (κ3) is 4.21. The van der Waals surface area contributed by atoms with Gasteiger partial charge in [0.15, 0.2) is 5.69 Å². The van der Waals surface area contributed by atoms with Gasteiger partial charge in [-0.25, -0.2) is 0 Å². The van der Waals surface area contributed by atoms with Gasteiger partial charge in [-0.2, -0.15) is 4.57 Å². The number of carbonyl (C=O) groups excluding carboxylic acids is 2. The summed E-state index contributed by atoms with van der Waals surface area (Å²) in [6.07, 6.45) is 7.71. The molecule has 0 N–H and O–H groups in total. The van der Waals surface area contributed by atoms with Crippen LogP contribution >= 0.6 is 27.3 Å². The summed E-state index contributed by atoms with van der Waals surface area (Å²) in [5, 5.41) is 0. The first-order valence-corrected chi connectivity index (χ1v) is 13.3. The van der Waals surface area contributed by atoms with Crippen molar-refractivity contribution in [2.75, 3.05) is 6.61 Å². The van der Waals surface area contributed by atoms with Crippen LogP contribution in [0.15, 0.2) is 34.2 Å². The number of Topliss-reactive ketones (excluding diaryl/α,β-unsaturated/α-hetero) is 1. The van der Waals surface area contributed by atoms with E-state index >= 15 is 0 Å². The summed E-state index contributed by atoms with van der Waals surface area (Å²) in [5.74, 6) is 1.58. The second-order valence-corrected chi connectivity index (χ2v) is 12.6. The largest absolute Gasteiger partial charge is 0.465 e. The van der Waals surface area contributed by atoms with Crippen molar-refractivity contribution in [1.29, 1.82) is 0 Å². The minimum absolute atomic E-state index is 0.0466. The van der Waals surface area contributed by atoms with E-state index in [0.29, 0.717) is 30.6 Å². The Hall–Kier alpha value is -1.53. The summed E-state index contributed by atoms with van der Waals surface area (Å²) in [6, 6.07) is 7.48. The Bertz CT molecular complexity index is 1030. The first-order valence-electron chi connectivity index (χ1n) is 11.7. The first kappa shape index (κ1) is 22.3. The molecule has 0 radical (unpaired) electrons. The fourth-order valence-corrected chi connectivity index (χ4v) is 8.32. The number of carbonyl (C=O) groups is 2. The van der Waals surface area contributed by atoms with Gasteiger partial charge in [-0.05, 0) is 67.9 Å². The molecule has 32 heavy (non-hydrogen) atoms. The van der Waals surface area contributed by atoms with Crippen molar-refractivity contribution in [2.24, 2.45) is 22.7 Å². The van der Waals surface area contributed by atoms with Crippen LogP contribution in [-0.4, -0.2) is 18.4 Å². The third-order valence-electron chi connectivity index (χ3n) is 7.99. The standard InChI is InChI=1S/C26H31BrNO3S/c1-17-23(32-16-28(17)14-22(29)20-3-5-21(27)6-4-20)7-8-31-24(30)26-12-18-9-19(13-26)11-25(2,10-18)15-26/h3-6,16,18-19H,7-15H2,1-2H3/q+1/t18-,19-,25?,26?/m0/s1. The predicted octanol–water partition coefficient (Wildman–Crippen LogP) is 5.68. The van der Waals surface area contributed by atoms with Gasteiger partial charge < -0.3 is 4.74 Å². The maximum absolute atomic E-state index is 13.2. The molecular weight excluding hydrogens is 486 g/mol. The van der Waals surface area contributed by atoms with Crippen LogP contribution in [0.2, 0.25) is 0 Å². The molecule has 0 amide bonds. The second kappa shape index (κ2) is 8.35. The molecule has 1 heterocycles. The number of esters is 1. The van der Waals surface area contributed by atoms with Crippen molar-refractivity contribution >= 4 is 39.0 Å². The molecule has 2 aromatic rings. The van der Waals surface area contributed by atoms with E-state index in [1.807, 2.05) is 41.3 Å². The molecule has 0 unspecified atom stereocenters. The van der Waals surface area contributed by atoms with Crippen molar-refractivity contribution < 1.29 is 18.9 Å². The van der Waals surface area contributed by atoms with E-state index in [-0.39, 0.29) is 17.2 Å². The minimum Gasteiger partial charge on any atom is -0.465 e. The zero-order chi connectivity index (χ0) is 22.5. The first-order chi connectivity index (χ1) is 15.3. The Labute approximate surface area is 202 Å². The molecule has 0 spiro atoms. The monoisotopic (exact) mass is 516 g/mol. The molecule has 1 aromatic heterocycles. The molecule has 4 aliphatic carbocycles. The maximum atomic E-state index is 13.2. The van der Waals surface area contributed by atoms with Gasteiger partial charge in [-0.15, -0.1) is 0 Å². The number of ketones is 1. The Morgan fingerprint density at radius 1 is 1.16 bits per heavy atom. The molecule has 2 atom stereocenters. The number of hydrogen-bond acceptors (Lipinski definition) is 4. The van der Waals surface area contributed by atoms with E-state index in [0.717, 1.165) is 41.3 Å². The Balaban J connectivity index is 1.17. The van der Waals surface area contributed by atoms with Crippen LogP contribution in [0.5, 0.6) is 0 Å². The van der Waals surface area contributed by atoms with E-state index in [9.17, 15) is 9.59 Å². The molecule has 4 nitrogen and oxygen atoms in total. The van der Waals surface area contributed by atoms with Gasteiger partial charge in [0.2, 0.25) is 17.8 Å². The van der Waals surface area contributed by atoms with Crippen molar-refractivity contribution in [3.8, 4) is 0 Å². The highest BCUT2D eigenvalue weighted by Crippen LogP contribution is 2.65. The lowest BCUT2D eigenvalue weighted by atomic mass is 9.44. The van der Waals surface area contributed by atoms with E-state index in [2.05, 4.69) is 22.9 Å². The van der Waals surface area contributed by atoms with Gasteiger partial charge in [0, 0.05) is 23.4 Å². The number of nitrogens with zero attached hydrogens (tertiary/aromatic N) is 1. The quantitative estimate of drug-likeness (QED) is 0.270. The average molecular weight is 518 g/mol. The molecule has 0 saturated heterocycles. The Morgan fingerprint density at radius 2 is 1.84 bits per heavy atom. The van der Waals surface area contributed by atoms with Gasteiger partial charge in [0.25, 0.3) is 0 Å². The highest BCUT2D eigenvalue weighted by atomic mass is 79.9. The van der Waals surface area contributed by atoms with Crippen LogP contribution in [0.1, 0.15) is 66.4 Å². The number of rotatable bonds is 7. The zero-order valence-electron chi connectivity index (χ0n) is 18.9. The van der Waals surface area contributed by atoms with E-state index in [4.69, 9.17) is 4.74 Å². The predicted molar refractivity (Wildman–Crippen MR) is 128 cm³/mol. The van der Waals surface area contributed by atoms with Crippen molar-refractivity contribution in [2.45, 2.75) is 65.3 Å². The summed E-state index contributed by atoms with van der Waals surface area (Å²) in [6.45, 7) is 5.18. The normalized spacial score (nSPS) is 30.5. The van der Waals surface area contributed by atoms with Crippen molar-refractivity contribution in [3.63, 3.8) is 0 Å². The smallest absolute Gasteiger partial charge is 0.312 e. The van der Waals surface area contributed by atoms with Crippen LogP contribution in [0.25, 0.3) is 0 Å².